The van der Waals surface area contributed by atoms with Gasteiger partial charge in [-0.3, -0.25) is 14.8 Å². The molecule has 7 nitrogen and oxygen atoms in total. The fourth-order valence-electron chi connectivity index (χ4n) is 1.92. The van der Waals surface area contributed by atoms with Gasteiger partial charge in [-0.2, -0.15) is 13.2 Å². The molecule has 1 N–H and O–H groups in total. The molecule has 2 aromatic rings. The third-order valence-electron chi connectivity index (χ3n) is 3.13. The van der Waals surface area contributed by atoms with Crippen molar-refractivity contribution in [1.29, 1.82) is 0 Å². The minimum absolute atomic E-state index is 0.0149. The molecule has 2 rings (SSSR count). The number of hydrogen-bond donors (Lipinski definition) is 1. The number of nitrogens with one attached hydrogen (secondary N) is 1. The number of ether oxygens (including phenoxy) is 1. The van der Waals surface area contributed by atoms with E-state index in [2.05, 4.69) is 4.72 Å². The highest BCUT2D eigenvalue weighted by Crippen LogP contribution is 2.32. The number of nitrogens with zero attached hydrogens (tertiary/aromatic N) is 1. The molecule has 0 radical (unpaired) electrons. The quantitative estimate of drug-likeness (QED) is 0.637. The van der Waals surface area contributed by atoms with E-state index in [9.17, 15) is 31.7 Å². The maximum Gasteiger partial charge on any atom is 0.416 e. The van der Waals surface area contributed by atoms with Crippen molar-refractivity contribution in [2.75, 3.05) is 11.8 Å². The maximum absolute atomic E-state index is 12.5. The third kappa shape index (κ3) is 4.18. The van der Waals surface area contributed by atoms with E-state index in [4.69, 9.17) is 4.74 Å². The molecule has 25 heavy (non-hydrogen) atoms. The van der Waals surface area contributed by atoms with Crippen molar-refractivity contribution in [3.63, 3.8) is 0 Å². The Bertz CT molecular complexity index is 896. The first kappa shape index (κ1) is 18.5. The first-order chi connectivity index (χ1) is 11.5. The number of nitro benzene ring substituents is 1. The molecule has 0 aliphatic heterocycles. The van der Waals surface area contributed by atoms with Gasteiger partial charge in [0.1, 0.15) is 5.75 Å². The largest absolute Gasteiger partial charge is 0.495 e. The van der Waals surface area contributed by atoms with Crippen molar-refractivity contribution < 1.29 is 31.2 Å². The number of rotatable bonds is 5. The van der Waals surface area contributed by atoms with Crippen molar-refractivity contribution in [1.82, 2.24) is 0 Å². The Hall–Kier alpha value is -2.82. The van der Waals surface area contributed by atoms with Crippen LogP contribution < -0.4 is 9.46 Å². The Morgan fingerprint density at radius 2 is 1.72 bits per heavy atom. The lowest BCUT2D eigenvalue weighted by molar-refractivity contribution is -0.384. The Labute approximate surface area is 140 Å². The Balaban J connectivity index is 2.38. The summed E-state index contributed by atoms with van der Waals surface area (Å²) in [5.41, 5.74) is -1.60. The number of methoxy groups -OCH3 is 1. The van der Waals surface area contributed by atoms with Gasteiger partial charge in [0.05, 0.1) is 28.2 Å². The van der Waals surface area contributed by atoms with Gasteiger partial charge in [-0.05, 0) is 30.3 Å². The van der Waals surface area contributed by atoms with Crippen molar-refractivity contribution in [3.05, 3.63) is 58.1 Å². The monoisotopic (exact) mass is 376 g/mol. The predicted molar refractivity (Wildman–Crippen MR) is 81.9 cm³/mol. The number of nitro groups is 1. The standard InChI is InChI=1S/C14H11F3N2O5S/c1-24-13-7-4-10(19(20)21)8-12(13)18-25(22,23)11-5-2-9(3-6-11)14(15,16)17/h2-8,18H,1H3. The minimum Gasteiger partial charge on any atom is -0.495 e. The van der Waals surface area contributed by atoms with Gasteiger partial charge in [-0.1, -0.05) is 0 Å². The molecule has 0 fully saturated rings. The number of benzene rings is 2. The van der Waals surface area contributed by atoms with E-state index in [0.29, 0.717) is 12.1 Å². The van der Waals surface area contributed by atoms with Crippen LogP contribution in [0.1, 0.15) is 5.56 Å². The molecule has 2 aromatic carbocycles. The van der Waals surface area contributed by atoms with E-state index in [1.807, 2.05) is 0 Å². The Morgan fingerprint density at radius 1 is 1.12 bits per heavy atom. The van der Waals surface area contributed by atoms with Crippen molar-refractivity contribution in [2.24, 2.45) is 0 Å². The number of sulfonamides is 1. The summed E-state index contributed by atoms with van der Waals surface area (Å²) in [5.74, 6) is 0.0149. The molecule has 0 aliphatic carbocycles. The zero-order chi connectivity index (χ0) is 18.8. The van der Waals surface area contributed by atoms with Crippen LogP contribution in [-0.2, 0) is 16.2 Å². The van der Waals surface area contributed by atoms with Crippen molar-refractivity contribution in [3.8, 4) is 5.75 Å². The van der Waals surface area contributed by atoms with Crippen LogP contribution in [0.3, 0.4) is 0 Å². The lowest BCUT2D eigenvalue weighted by Gasteiger charge is -2.12. The van der Waals surface area contributed by atoms with Crippen LogP contribution >= 0.6 is 0 Å². The minimum atomic E-state index is -4.60. The lowest BCUT2D eigenvalue weighted by Crippen LogP contribution is -2.14. The number of halogens is 3. The first-order valence-corrected chi connectivity index (χ1v) is 8.05. The summed E-state index contributed by atoms with van der Waals surface area (Å²) in [6, 6.07) is 6.08. The van der Waals surface area contributed by atoms with Crippen molar-refractivity contribution >= 4 is 21.4 Å². The van der Waals surface area contributed by atoms with E-state index < -0.39 is 31.6 Å². The van der Waals surface area contributed by atoms with Gasteiger partial charge in [-0.25, -0.2) is 8.42 Å². The van der Waals surface area contributed by atoms with E-state index in [-0.39, 0.29) is 17.1 Å². The number of anilines is 1. The highest BCUT2D eigenvalue weighted by atomic mass is 32.2. The third-order valence-corrected chi connectivity index (χ3v) is 4.51. The second-order valence-electron chi connectivity index (χ2n) is 4.77. The first-order valence-electron chi connectivity index (χ1n) is 6.57. The molecule has 0 spiro atoms. The summed E-state index contributed by atoms with van der Waals surface area (Å²) in [5, 5.41) is 10.8. The molecule has 11 heteroatoms. The van der Waals surface area contributed by atoms with Crippen LogP contribution in [0.25, 0.3) is 0 Å². The summed E-state index contributed by atoms with van der Waals surface area (Å²) in [6.07, 6.45) is -4.60. The molecular weight excluding hydrogens is 365 g/mol. The van der Waals surface area contributed by atoms with E-state index >= 15 is 0 Å². The van der Waals surface area contributed by atoms with Gasteiger partial charge in [0.15, 0.2) is 0 Å². The molecule has 0 saturated carbocycles. The summed E-state index contributed by atoms with van der Waals surface area (Å²) in [7, 11) is -3.04. The molecule has 134 valence electrons. The summed E-state index contributed by atoms with van der Waals surface area (Å²) < 4.78 is 69.2. The van der Waals surface area contributed by atoms with E-state index in [0.717, 1.165) is 24.3 Å². The Morgan fingerprint density at radius 3 is 2.20 bits per heavy atom. The Kier molecular flexibility index (Phi) is 4.88. The number of alkyl halides is 3. The fraction of sp³-hybridized carbons (Fsp3) is 0.143. The lowest BCUT2D eigenvalue weighted by atomic mass is 10.2. The molecule has 0 amide bonds. The van der Waals surface area contributed by atoms with Crippen LogP contribution in [0.4, 0.5) is 24.5 Å². The van der Waals surface area contributed by atoms with Gasteiger partial charge in [0.2, 0.25) is 0 Å². The zero-order valence-corrected chi connectivity index (χ0v) is 13.4. The van der Waals surface area contributed by atoms with Gasteiger partial charge >= 0.3 is 6.18 Å². The molecule has 0 saturated heterocycles. The van der Waals surface area contributed by atoms with E-state index in [1.54, 1.807) is 0 Å². The normalized spacial score (nSPS) is 11.8. The summed E-state index contributed by atoms with van der Waals surface area (Å²) in [6.45, 7) is 0. The molecule has 0 atom stereocenters. The highest BCUT2D eigenvalue weighted by molar-refractivity contribution is 7.92. The van der Waals surface area contributed by atoms with Gasteiger partial charge < -0.3 is 4.74 Å². The smallest absolute Gasteiger partial charge is 0.416 e. The van der Waals surface area contributed by atoms with Crippen molar-refractivity contribution in [2.45, 2.75) is 11.1 Å². The van der Waals surface area contributed by atoms with Crippen LogP contribution in [0, 0.1) is 10.1 Å². The number of hydrogen-bond acceptors (Lipinski definition) is 5. The molecule has 0 unspecified atom stereocenters. The fourth-order valence-corrected chi connectivity index (χ4v) is 2.98. The molecule has 0 aromatic heterocycles. The maximum atomic E-state index is 12.5. The summed E-state index contributed by atoms with van der Waals surface area (Å²) in [4.78, 5) is 9.64. The van der Waals surface area contributed by atoms with Gasteiger partial charge in [0.25, 0.3) is 15.7 Å². The second kappa shape index (κ2) is 6.59. The van der Waals surface area contributed by atoms with E-state index in [1.165, 1.54) is 13.2 Å². The average Bonchev–Trinajstić information content (AvgIpc) is 2.53. The number of non-ortho nitro benzene ring substituents is 1. The highest BCUT2D eigenvalue weighted by Gasteiger charge is 2.30. The molecule has 0 bridgehead atoms. The average molecular weight is 376 g/mol. The van der Waals surface area contributed by atoms with Gasteiger partial charge in [-0.15, -0.1) is 0 Å². The van der Waals surface area contributed by atoms with Crippen LogP contribution in [0.2, 0.25) is 0 Å². The second-order valence-corrected chi connectivity index (χ2v) is 6.45. The van der Waals surface area contributed by atoms with Crippen LogP contribution in [-0.4, -0.2) is 20.5 Å². The predicted octanol–water partition coefficient (Wildman–Crippen LogP) is 3.42. The molecule has 0 aliphatic rings. The summed E-state index contributed by atoms with van der Waals surface area (Å²) >= 11 is 0. The SMILES string of the molecule is COc1ccc([N+](=O)[O-])cc1NS(=O)(=O)c1ccc(C(F)(F)F)cc1. The molecule has 0 heterocycles. The molecular formula is C14H11F3N2O5S. The zero-order valence-electron chi connectivity index (χ0n) is 12.6. The van der Waals surface area contributed by atoms with Crippen LogP contribution in [0.15, 0.2) is 47.4 Å². The van der Waals surface area contributed by atoms with Gasteiger partial charge in [0, 0.05) is 12.1 Å². The topological polar surface area (TPSA) is 98.5 Å². The van der Waals surface area contributed by atoms with Crippen LogP contribution in [0.5, 0.6) is 5.75 Å².